The van der Waals surface area contributed by atoms with E-state index in [2.05, 4.69) is 20.5 Å². The summed E-state index contributed by atoms with van der Waals surface area (Å²) in [5.74, 6) is 0.467. The molecule has 0 fully saturated rings. The maximum absolute atomic E-state index is 11.5. The van der Waals surface area contributed by atoms with Gasteiger partial charge in [0.15, 0.2) is 11.0 Å². The van der Waals surface area contributed by atoms with Gasteiger partial charge in [0, 0.05) is 6.54 Å². The van der Waals surface area contributed by atoms with Crippen LogP contribution in [0.15, 0.2) is 6.33 Å². The number of aromatic nitrogens is 4. The standard InChI is InChI=1S/C11H15N5O2S/c1-4-16-6-13-15-8(16)5-12-11-14-7(2)9(19-11)10(17)18-3/h6H,4-5H2,1-3H3,(H,12,14). The summed E-state index contributed by atoms with van der Waals surface area (Å²) >= 11 is 1.27. The average molecular weight is 281 g/mol. The van der Waals surface area contributed by atoms with E-state index < -0.39 is 0 Å². The van der Waals surface area contributed by atoms with Crippen LogP contribution in [-0.4, -0.2) is 32.8 Å². The lowest BCUT2D eigenvalue weighted by molar-refractivity contribution is 0.0605. The highest BCUT2D eigenvalue weighted by atomic mass is 32.1. The van der Waals surface area contributed by atoms with Gasteiger partial charge in [0.2, 0.25) is 0 Å². The number of ether oxygens (including phenoxy) is 1. The van der Waals surface area contributed by atoms with E-state index in [9.17, 15) is 4.79 Å². The molecule has 0 radical (unpaired) electrons. The number of hydrogen-bond donors (Lipinski definition) is 1. The molecule has 2 rings (SSSR count). The van der Waals surface area contributed by atoms with Crippen LogP contribution in [-0.2, 0) is 17.8 Å². The molecular formula is C11H15N5O2S. The fourth-order valence-corrected chi connectivity index (χ4v) is 2.47. The van der Waals surface area contributed by atoms with Crippen molar-refractivity contribution in [2.75, 3.05) is 12.4 Å². The van der Waals surface area contributed by atoms with Crippen LogP contribution in [0.4, 0.5) is 5.13 Å². The molecular weight excluding hydrogens is 266 g/mol. The summed E-state index contributed by atoms with van der Waals surface area (Å²) in [4.78, 5) is 16.3. The Morgan fingerprint density at radius 3 is 3.05 bits per heavy atom. The van der Waals surface area contributed by atoms with Gasteiger partial charge in [0.25, 0.3) is 0 Å². The first-order chi connectivity index (χ1) is 9.15. The first-order valence-corrected chi connectivity index (χ1v) is 6.63. The lowest BCUT2D eigenvalue weighted by Crippen LogP contribution is -2.07. The molecule has 0 aliphatic rings. The molecule has 2 heterocycles. The normalized spacial score (nSPS) is 10.5. The number of esters is 1. The maximum Gasteiger partial charge on any atom is 0.350 e. The van der Waals surface area contributed by atoms with Gasteiger partial charge >= 0.3 is 5.97 Å². The van der Waals surface area contributed by atoms with Crippen molar-refractivity contribution in [3.05, 3.63) is 22.7 Å². The van der Waals surface area contributed by atoms with Gasteiger partial charge in [-0.1, -0.05) is 11.3 Å². The van der Waals surface area contributed by atoms with E-state index in [4.69, 9.17) is 4.74 Å². The molecule has 0 aliphatic heterocycles. The first-order valence-electron chi connectivity index (χ1n) is 5.82. The van der Waals surface area contributed by atoms with Crippen LogP contribution in [0, 0.1) is 6.92 Å². The molecule has 0 aromatic carbocycles. The van der Waals surface area contributed by atoms with Crippen LogP contribution in [0.2, 0.25) is 0 Å². The van der Waals surface area contributed by atoms with Gasteiger partial charge in [-0.3, -0.25) is 0 Å². The van der Waals surface area contributed by atoms with Crippen molar-refractivity contribution in [3.63, 3.8) is 0 Å². The van der Waals surface area contributed by atoms with Crippen molar-refractivity contribution in [3.8, 4) is 0 Å². The second-order valence-electron chi connectivity index (χ2n) is 3.81. The lowest BCUT2D eigenvalue weighted by Gasteiger charge is -2.03. The number of methoxy groups -OCH3 is 1. The van der Waals surface area contributed by atoms with Gasteiger partial charge in [-0.25, -0.2) is 9.78 Å². The van der Waals surface area contributed by atoms with Crippen LogP contribution in [0.3, 0.4) is 0 Å². The van der Waals surface area contributed by atoms with Crippen molar-refractivity contribution in [1.29, 1.82) is 0 Å². The Labute approximate surface area is 114 Å². The van der Waals surface area contributed by atoms with Crippen LogP contribution >= 0.6 is 11.3 Å². The molecule has 0 atom stereocenters. The first kappa shape index (κ1) is 13.5. The highest BCUT2D eigenvalue weighted by Gasteiger charge is 2.15. The number of carbonyl (C=O) groups excluding carboxylic acids is 1. The molecule has 7 nitrogen and oxygen atoms in total. The van der Waals surface area contributed by atoms with Crippen LogP contribution in [0.25, 0.3) is 0 Å². The Bertz CT molecular complexity index is 577. The maximum atomic E-state index is 11.5. The van der Waals surface area contributed by atoms with E-state index in [-0.39, 0.29) is 5.97 Å². The monoisotopic (exact) mass is 281 g/mol. The molecule has 8 heteroatoms. The molecule has 0 aliphatic carbocycles. The van der Waals surface area contributed by atoms with Gasteiger partial charge in [-0.05, 0) is 13.8 Å². The van der Waals surface area contributed by atoms with Gasteiger partial charge in [-0.2, -0.15) is 0 Å². The van der Waals surface area contributed by atoms with E-state index in [0.29, 0.717) is 22.2 Å². The number of carbonyl (C=O) groups is 1. The number of anilines is 1. The molecule has 102 valence electrons. The minimum atomic E-state index is -0.361. The summed E-state index contributed by atoms with van der Waals surface area (Å²) in [5.41, 5.74) is 0.663. The number of hydrogen-bond acceptors (Lipinski definition) is 7. The Hall–Kier alpha value is -1.96. The lowest BCUT2D eigenvalue weighted by atomic mass is 10.4. The van der Waals surface area contributed by atoms with E-state index in [0.717, 1.165) is 12.4 Å². The van der Waals surface area contributed by atoms with E-state index in [1.165, 1.54) is 18.4 Å². The van der Waals surface area contributed by atoms with Crippen LogP contribution in [0.1, 0.15) is 28.1 Å². The van der Waals surface area contributed by atoms with E-state index >= 15 is 0 Å². The SMILES string of the molecule is CCn1cnnc1CNc1nc(C)c(C(=O)OC)s1. The predicted molar refractivity (Wildman–Crippen MR) is 71.2 cm³/mol. The Morgan fingerprint density at radius 2 is 2.37 bits per heavy atom. The third-order valence-corrected chi connectivity index (χ3v) is 3.70. The number of nitrogens with one attached hydrogen (secondary N) is 1. The zero-order valence-electron chi connectivity index (χ0n) is 11.0. The molecule has 19 heavy (non-hydrogen) atoms. The summed E-state index contributed by atoms with van der Waals surface area (Å²) in [7, 11) is 1.36. The molecule has 0 spiro atoms. The van der Waals surface area contributed by atoms with Gasteiger partial charge in [0.05, 0.1) is 19.3 Å². The van der Waals surface area contributed by atoms with Crippen molar-refractivity contribution in [1.82, 2.24) is 19.7 Å². The molecule has 0 saturated heterocycles. The summed E-state index contributed by atoms with van der Waals surface area (Å²) in [6, 6.07) is 0. The average Bonchev–Trinajstić information content (AvgIpc) is 3.01. The van der Waals surface area contributed by atoms with Crippen molar-refractivity contribution in [2.45, 2.75) is 26.9 Å². The second kappa shape index (κ2) is 5.79. The topological polar surface area (TPSA) is 81.9 Å². The molecule has 0 amide bonds. The fraction of sp³-hybridized carbons (Fsp3) is 0.455. The number of aryl methyl sites for hydroxylation is 2. The number of thiazole rings is 1. The molecule has 0 unspecified atom stereocenters. The summed E-state index contributed by atoms with van der Waals surface area (Å²) in [6.45, 7) is 5.13. The van der Waals surface area contributed by atoms with Crippen LogP contribution < -0.4 is 5.32 Å². The Morgan fingerprint density at radius 1 is 1.58 bits per heavy atom. The van der Waals surface area contributed by atoms with Gasteiger partial charge in [0.1, 0.15) is 11.2 Å². The molecule has 2 aromatic rings. The Balaban J connectivity index is 2.06. The third-order valence-electron chi connectivity index (χ3n) is 2.60. The highest BCUT2D eigenvalue weighted by Crippen LogP contribution is 2.23. The molecule has 2 aromatic heterocycles. The van der Waals surface area contributed by atoms with E-state index in [1.54, 1.807) is 13.3 Å². The van der Waals surface area contributed by atoms with Gasteiger partial charge < -0.3 is 14.6 Å². The number of nitrogens with zero attached hydrogens (tertiary/aromatic N) is 4. The predicted octanol–water partition coefficient (Wildman–Crippen LogP) is 1.46. The van der Waals surface area contributed by atoms with Crippen LogP contribution in [0.5, 0.6) is 0 Å². The largest absolute Gasteiger partial charge is 0.465 e. The van der Waals surface area contributed by atoms with Crippen molar-refractivity contribution < 1.29 is 9.53 Å². The molecule has 0 saturated carbocycles. The highest BCUT2D eigenvalue weighted by molar-refractivity contribution is 7.17. The Kier molecular flexibility index (Phi) is 4.10. The third kappa shape index (κ3) is 2.90. The molecule has 1 N–H and O–H groups in total. The second-order valence-corrected chi connectivity index (χ2v) is 4.81. The van der Waals surface area contributed by atoms with E-state index in [1.807, 2.05) is 11.5 Å². The zero-order chi connectivity index (χ0) is 13.8. The molecule has 0 bridgehead atoms. The van der Waals surface area contributed by atoms with Crippen molar-refractivity contribution in [2.24, 2.45) is 0 Å². The fourth-order valence-electron chi connectivity index (χ4n) is 1.59. The quantitative estimate of drug-likeness (QED) is 0.836. The summed E-state index contributed by atoms with van der Waals surface area (Å²) in [5, 5.41) is 11.7. The summed E-state index contributed by atoms with van der Waals surface area (Å²) < 4.78 is 6.63. The van der Waals surface area contributed by atoms with Crippen molar-refractivity contribution >= 4 is 22.4 Å². The summed E-state index contributed by atoms with van der Waals surface area (Å²) in [6.07, 6.45) is 1.68. The smallest absolute Gasteiger partial charge is 0.350 e. The number of rotatable bonds is 5. The van der Waals surface area contributed by atoms with Gasteiger partial charge in [-0.15, -0.1) is 10.2 Å². The zero-order valence-corrected chi connectivity index (χ0v) is 11.8. The minimum Gasteiger partial charge on any atom is -0.465 e. The minimum absolute atomic E-state index is 0.361.